The van der Waals surface area contributed by atoms with Gasteiger partial charge in [-0.1, -0.05) is 57.3 Å². The van der Waals surface area contributed by atoms with Crippen LogP contribution in [0, 0.1) is 12.8 Å². The number of rotatable bonds is 8. The average Bonchev–Trinajstić information content (AvgIpc) is 3.62. The minimum absolute atomic E-state index is 0.101. The van der Waals surface area contributed by atoms with E-state index < -0.39 is 5.85 Å². The molecule has 0 bridgehead atoms. The van der Waals surface area contributed by atoms with Gasteiger partial charge >= 0.3 is 6.03 Å². The highest BCUT2D eigenvalue weighted by atomic mass is 32.2. The molecule has 2 atom stereocenters. The Balaban J connectivity index is 1.27. The Bertz CT molecular complexity index is 1720. The first-order valence-corrected chi connectivity index (χ1v) is 17.1. The molecule has 2 unspecified atom stereocenters. The van der Waals surface area contributed by atoms with Crippen molar-refractivity contribution in [2.75, 3.05) is 17.2 Å². The van der Waals surface area contributed by atoms with Crippen molar-refractivity contribution in [3.05, 3.63) is 95.6 Å². The summed E-state index contributed by atoms with van der Waals surface area (Å²) in [6.07, 6.45) is 6.94. The highest BCUT2D eigenvalue weighted by Gasteiger charge is 2.29. The van der Waals surface area contributed by atoms with Gasteiger partial charge in [-0.25, -0.2) is 14.5 Å². The molecule has 2 amide bonds. The van der Waals surface area contributed by atoms with E-state index in [0.717, 1.165) is 45.6 Å². The van der Waals surface area contributed by atoms with Gasteiger partial charge in [0.15, 0.2) is 11.0 Å². The molecular formula is C37H45FN6O2S. The van der Waals surface area contributed by atoms with Gasteiger partial charge in [0.05, 0.1) is 5.69 Å². The number of amides is 2. The van der Waals surface area contributed by atoms with E-state index in [0.29, 0.717) is 36.3 Å². The summed E-state index contributed by atoms with van der Waals surface area (Å²) in [5.41, 5.74) is 7.22. The number of aryl methyl sites for hydroxylation is 1. The summed E-state index contributed by atoms with van der Waals surface area (Å²) >= 11 is 1.64. The number of anilines is 1. The molecule has 248 valence electrons. The highest BCUT2D eigenvalue weighted by molar-refractivity contribution is 8.14. The van der Waals surface area contributed by atoms with E-state index in [1.165, 1.54) is 25.0 Å². The zero-order chi connectivity index (χ0) is 33.9. The molecule has 2 aliphatic rings. The van der Waals surface area contributed by atoms with Crippen LogP contribution in [0.4, 0.5) is 14.9 Å². The molecule has 1 aromatic heterocycles. The number of hydrogen-bond donors (Lipinski definition) is 1. The summed E-state index contributed by atoms with van der Waals surface area (Å²) in [6, 6.07) is 13.1. The number of halogens is 1. The zero-order valence-corrected chi connectivity index (χ0v) is 29.2. The monoisotopic (exact) mass is 656 g/mol. The second-order valence-electron chi connectivity index (χ2n) is 13.2. The Hall–Kier alpha value is -4.18. The number of alkyl halides is 1. The molecule has 1 aliphatic heterocycles. The topological polar surface area (TPSA) is 84.6 Å². The van der Waals surface area contributed by atoms with Crippen LogP contribution in [-0.2, 0) is 0 Å². The first kappa shape index (κ1) is 34.2. The van der Waals surface area contributed by atoms with Gasteiger partial charge in [-0.05, 0) is 97.2 Å². The largest absolute Gasteiger partial charge is 0.459 e. The van der Waals surface area contributed by atoms with Gasteiger partial charge in [0.25, 0.3) is 0 Å². The number of allylic oxidation sites excluding steroid dienone is 3. The lowest BCUT2D eigenvalue weighted by Gasteiger charge is -2.35. The van der Waals surface area contributed by atoms with E-state index in [4.69, 9.17) is 4.74 Å². The Morgan fingerprint density at radius 3 is 2.64 bits per heavy atom. The van der Waals surface area contributed by atoms with Crippen LogP contribution >= 0.6 is 11.8 Å². The number of thioether (sulfide) groups is 1. The van der Waals surface area contributed by atoms with Gasteiger partial charge in [-0.15, -0.1) is 5.10 Å². The number of nitrogens with zero attached hydrogens (tertiary/aromatic N) is 5. The Morgan fingerprint density at radius 1 is 1.21 bits per heavy atom. The normalized spacial score (nSPS) is 20.8. The number of nitrogens with one attached hydrogen (secondary N) is 1. The standard InChI is InChI=1S/C37H45FN6O2S/c1-9-27(34-39-22-44(42-34)30-11-13-31(14-12-30)46-37(7,8)38)18-28-19-29(17-26(28)6)40-35(45)41-36-43(20-25(5)21-47-36)33-16-24(4)10-15-32(33)23(2)3/h9-16,18,22-23,25,29H,6,17,19-21H2,1-5,7-8H3,(H,40,45)/b27-9+,28-18-,41-36-. The minimum Gasteiger partial charge on any atom is -0.459 e. The molecule has 2 fully saturated rings. The first-order chi connectivity index (χ1) is 22.3. The van der Waals surface area contributed by atoms with Crippen molar-refractivity contribution < 1.29 is 13.9 Å². The van der Waals surface area contributed by atoms with Crippen LogP contribution < -0.4 is 15.0 Å². The van der Waals surface area contributed by atoms with Crippen molar-refractivity contribution in [1.82, 2.24) is 20.1 Å². The molecule has 1 saturated heterocycles. The molecule has 1 N–H and O–H groups in total. The number of carbonyl (C=O) groups is 1. The van der Waals surface area contributed by atoms with Gasteiger partial charge in [-0.2, -0.15) is 9.38 Å². The van der Waals surface area contributed by atoms with E-state index in [-0.39, 0.29) is 12.1 Å². The summed E-state index contributed by atoms with van der Waals surface area (Å²) in [7, 11) is 0. The molecule has 3 aromatic rings. The summed E-state index contributed by atoms with van der Waals surface area (Å²) in [5.74, 6) is 0.994. The lowest BCUT2D eigenvalue weighted by molar-refractivity contribution is -0.0257. The lowest BCUT2D eigenvalue weighted by Crippen LogP contribution is -2.41. The number of hydrogen-bond acceptors (Lipinski definition) is 5. The number of aromatic nitrogens is 3. The maximum atomic E-state index is 13.8. The molecular weight excluding hydrogens is 612 g/mol. The number of aliphatic imine (C=N–C) groups is 1. The van der Waals surface area contributed by atoms with Crippen LogP contribution in [0.3, 0.4) is 0 Å². The van der Waals surface area contributed by atoms with Crippen LogP contribution in [0.15, 0.2) is 83.7 Å². The van der Waals surface area contributed by atoms with E-state index in [1.807, 2.05) is 19.1 Å². The lowest BCUT2D eigenvalue weighted by atomic mass is 9.98. The molecule has 8 nitrogen and oxygen atoms in total. The Labute approximate surface area is 281 Å². The SMILES string of the molecule is C=C1CC(NC(=O)/N=C2\SCC(C)CN2c2cc(C)ccc2C(C)C)C/C1=C/C(=C\C)c1ncn(-c2ccc(OC(C)(C)F)cc2)n1. The first-order valence-electron chi connectivity index (χ1n) is 16.1. The number of benzene rings is 2. The van der Waals surface area contributed by atoms with Crippen LogP contribution in [0.25, 0.3) is 11.3 Å². The molecule has 0 spiro atoms. The predicted octanol–water partition coefficient (Wildman–Crippen LogP) is 8.79. The van der Waals surface area contributed by atoms with Gasteiger partial charge in [0.1, 0.15) is 12.1 Å². The summed E-state index contributed by atoms with van der Waals surface area (Å²) in [5, 5.41) is 8.55. The summed E-state index contributed by atoms with van der Waals surface area (Å²) in [4.78, 5) is 24.6. The fourth-order valence-electron chi connectivity index (χ4n) is 5.81. The van der Waals surface area contributed by atoms with Crippen molar-refractivity contribution in [1.29, 1.82) is 0 Å². The third kappa shape index (κ3) is 8.60. The maximum Gasteiger partial charge on any atom is 0.343 e. The summed E-state index contributed by atoms with van der Waals surface area (Å²) < 4.78 is 20.8. The highest BCUT2D eigenvalue weighted by Crippen LogP contribution is 2.35. The van der Waals surface area contributed by atoms with Gasteiger partial charge in [0, 0.05) is 43.4 Å². The fraction of sp³-hybridized carbons (Fsp3) is 0.405. The van der Waals surface area contributed by atoms with Gasteiger partial charge in [-0.3, -0.25) is 0 Å². The smallest absolute Gasteiger partial charge is 0.343 e. The van der Waals surface area contributed by atoms with E-state index in [9.17, 15) is 9.18 Å². The molecule has 1 saturated carbocycles. The number of urea groups is 1. The average molecular weight is 657 g/mol. The van der Waals surface area contributed by atoms with Crippen molar-refractivity contribution in [3.63, 3.8) is 0 Å². The maximum absolute atomic E-state index is 13.8. The third-order valence-corrected chi connectivity index (χ3v) is 9.42. The molecule has 5 rings (SSSR count). The molecule has 1 aliphatic carbocycles. The van der Waals surface area contributed by atoms with E-state index in [2.05, 4.69) is 77.8 Å². The third-order valence-electron chi connectivity index (χ3n) is 8.11. The number of carbonyl (C=O) groups excluding carboxylic acids is 1. The van der Waals surface area contributed by atoms with Crippen molar-refractivity contribution >= 4 is 34.2 Å². The molecule has 2 heterocycles. The predicted molar refractivity (Wildman–Crippen MR) is 191 cm³/mol. The molecule has 10 heteroatoms. The zero-order valence-electron chi connectivity index (χ0n) is 28.4. The number of amidine groups is 1. The van der Waals surface area contributed by atoms with Crippen LogP contribution in [0.1, 0.15) is 77.3 Å². The summed E-state index contributed by atoms with van der Waals surface area (Å²) in [6.45, 7) is 18.5. The van der Waals surface area contributed by atoms with E-state index in [1.54, 1.807) is 47.0 Å². The Morgan fingerprint density at radius 2 is 1.96 bits per heavy atom. The molecule has 47 heavy (non-hydrogen) atoms. The van der Waals surface area contributed by atoms with Crippen molar-refractivity contribution in [2.24, 2.45) is 10.9 Å². The van der Waals surface area contributed by atoms with Crippen LogP contribution in [0.5, 0.6) is 5.75 Å². The molecule has 0 radical (unpaired) electrons. The second kappa shape index (κ2) is 14.3. The molecule has 2 aromatic carbocycles. The van der Waals surface area contributed by atoms with Crippen LogP contribution in [-0.4, -0.2) is 50.2 Å². The van der Waals surface area contributed by atoms with Crippen molar-refractivity contribution in [3.8, 4) is 11.4 Å². The van der Waals surface area contributed by atoms with Gasteiger partial charge < -0.3 is 15.0 Å². The van der Waals surface area contributed by atoms with E-state index >= 15 is 0 Å². The van der Waals surface area contributed by atoms with Crippen LogP contribution in [0.2, 0.25) is 0 Å². The second-order valence-corrected chi connectivity index (χ2v) is 14.2. The minimum atomic E-state index is -1.76. The quantitative estimate of drug-likeness (QED) is 0.261. The van der Waals surface area contributed by atoms with Gasteiger partial charge in [0.2, 0.25) is 5.85 Å². The Kier molecular flexibility index (Phi) is 10.4. The van der Waals surface area contributed by atoms with Crippen molar-refractivity contribution in [2.45, 2.75) is 79.1 Å². The fourth-order valence-corrected chi connectivity index (χ4v) is 6.82. The number of ether oxygens (including phenoxy) is 1.